The molecule has 0 saturated carbocycles. The third-order valence-corrected chi connectivity index (χ3v) is 5.09. The number of hydrogen-bond donors (Lipinski definition) is 1. The number of nitrogen functional groups attached to an aromatic ring is 1. The lowest BCUT2D eigenvalue weighted by Crippen LogP contribution is -2.42. The average Bonchev–Trinajstić information content (AvgIpc) is 2.76. The molecule has 0 spiro atoms. The molecule has 0 unspecified atom stereocenters. The third-order valence-electron chi connectivity index (χ3n) is 5.09. The van der Waals surface area contributed by atoms with Gasteiger partial charge in [0.25, 0.3) is 5.91 Å². The molecule has 1 aliphatic rings. The minimum atomic E-state index is -0.233. The Kier molecular flexibility index (Phi) is 5.53. The Bertz CT molecular complexity index is 969. The number of aromatic nitrogens is 2. The molecule has 1 atom stereocenters. The first-order valence-corrected chi connectivity index (χ1v) is 9.71. The molecule has 1 aliphatic heterocycles. The first-order valence-electron chi connectivity index (χ1n) is 9.71. The quantitative estimate of drug-likeness (QED) is 0.742. The third kappa shape index (κ3) is 4.60. The zero-order valence-electron chi connectivity index (χ0n) is 16.4. The van der Waals surface area contributed by atoms with Crippen molar-refractivity contribution in [3.63, 3.8) is 0 Å². The van der Waals surface area contributed by atoms with E-state index in [1.165, 1.54) is 17.3 Å². The van der Waals surface area contributed by atoms with Crippen molar-refractivity contribution in [1.29, 1.82) is 0 Å². The summed E-state index contributed by atoms with van der Waals surface area (Å²) in [6, 6.07) is 15.9. The summed E-state index contributed by atoms with van der Waals surface area (Å²) >= 11 is 0. The Balaban J connectivity index is 1.42. The second-order valence-corrected chi connectivity index (χ2v) is 7.34. The van der Waals surface area contributed by atoms with Crippen LogP contribution in [0.5, 0.6) is 0 Å². The topological polar surface area (TPSA) is 81.3 Å². The van der Waals surface area contributed by atoms with Crippen molar-refractivity contribution in [2.75, 3.05) is 25.4 Å². The smallest absolute Gasteiger partial charge is 0.255 e. The monoisotopic (exact) mass is 388 g/mol. The molecule has 1 amide bonds. The highest BCUT2D eigenvalue weighted by molar-refractivity contribution is 5.94. The number of ether oxygens (including phenoxy) is 1. The maximum Gasteiger partial charge on any atom is 0.255 e. The standard InChI is InChI=1S/C23H24N4O2/c1-16-2-4-17(5-3-16)12-18-6-8-20(25-13-18)21-15-27(10-11-29-21)23(28)19-7-9-22(24)26-14-19/h2-9,13-14,21H,10-12,15H2,1H3,(H2,24,26)/t21-/m0/s1. The van der Waals surface area contributed by atoms with E-state index < -0.39 is 0 Å². The van der Waals surface area contributed by atoms with Crippen LogP contribution in [0.3, 0.4) is 0 Å². The molecule has 2 aromatic heterocycles. The number of hydrogen-bond acceptors (Lipinski definition) is 5. The van der Waals surface area contributed by atoms with Gasteiger partial charge in [0.1, 0.15) is 11.9 Å². The summed E-state index contributed by atoms with van der Waals surface area (Å²) < 4.78 is 5.88. The highest BCUT2D eigenvalue weighted by Gasteiger charge is 2.27. The van der Waals surface area contributed by atoms with Crippen LogP contribution in [0.25, 0.3) is 0 Å². The second-order valence-electron chi connectivity index (χ2n) is 7.34. The number of anilines is 1. The molecule has 1 saturated heterocycles. The summed E-state index contributed by atoms with van der Waals surface area (Å²) in [5.41, 5.74) is 10.6. The maximum absolute atomic E-state index is 12.7. The van der Waals surface area contributed by atoms with Crippen LogP contribution in [-0.4, -0.2) is 40.5 Å². The van der Waals surface area contributed by atoms with Gasteiger partial charge in [-0.2, -0.15) is 0 Å². The number of carbonyl (C=O) groups excluding carboxylic acids is 1. The number of nitrogens with zero attached hydrogens (tertiary/aromatic N) is 3. The predicted molar refractivity (Wildman–Crippen MR) is 111 cm³/mol. The number of pyridine rings is 2. The molecular weight excluding hydrogens is 364 g/mol. The SMILES string of the molecule is Cc1ccc(Cc2ccc([C@@H]3CN(C(=O)c4ccc(N)nc4)CCO3)nc2)cc1. The fourth-order valence-electron chi connectivity index (χ4n) is 3.40. The van der Waals surface area contributed by atoms with Crippen LogP contribution in [0, 0.1) is 6.92 Å². The lowest BCUT2D eigenvalue weighted by molar-refractivity contribution is -0.0247. The summed E-state index contributed by atoms with van der Waals surface area (Å²) in [6.45, 7) is 3.58. The van der Waals surface area contributed by atoms with Gasteiger partial charge in [0.05, 0.1) is 24.4 Å². The molecule has 3 heterocycles. The molecule has 29 heavy (non-hydrogen) atoms. The van der Waals surface area contributed by atoms with Gasteiger partial charge in [-0.15, -0.1) is 0 Å². The van der Waals surface area contributed by atoms with E-state index in [0.717, 1.165) is 17.7 Å². The fourth-order valence-corrected chi connectivity index (χ4v) is 3.40. The lowest BCUT2D eigenvalue weighted by atomic mass is 10.0. The van der Waals surface area contributed by atoms with E-state index >= 15 is 0 Å². The first kappa shape index (κ1) is 19.1. The van der Waals surface area contributed by atoms with Crippen molar-refractivity contribution < 1.29 is 9.53 Å². The highest BCUT2D eigenvalue weighted by Crippen LogP contribution is 2.22. The van der Waals surface area contributed by atoms with Gasteiger partial charge in [-0.05, 0) is 42.7 Å². The van der Waals surface area contributed by atoms with Gasteiger partial charge < -0.3 is 15.4 Å². The number of aryl methyl sites for hydroxylation is 1. The van der Waals surface area contributed by atoms with Crippen molar-refractivity contribution in [1.82, 2.24) is 14.9 Å². The van der Waals surface area contributed by atoms with Gasteiger partial charge in [-0.25, -0.2) is 4.98 Å². The van der Waals surface area contributed by atoms with E-state index in [4.69, 9.17) is 10.5 Å². The summed E-state index contributed by atoms with van der Waals surface area (Å²) in [5.74, 6) is 0.332. The normalized spacial score (nSPS) is 16.6. The number of benzene rings is 1. The van der Waals surface area contributed by atoms with E-state index in [2.05, 4.69) is 47.2 Å². The van der Waals surface area contributed by atoms with Crippen LogP contribution in [0.2, 0.25) is 0 Å². The number of amides is 1. The van der Waals surface area contributed by atoms with E-state index in [-0.39, 0.29) is 12.0 Å². The van der Waals surface area contributed by atoms with Gasteiger partial charge in [0.15, 0.2) is 0 Å². The van der Waals surface area contributed by atoms with Crippen molar-refractivity contribution in [2.24, 2.45) is 0 Å². The Morgan fingerprint density at radius 2 is 1.86 bits per heavy atom. The van der Waals surface area contributed by atoms with E-state index in [0.29, 0.717) is 31.1 Å². The van der Waals surface area contributed by atoms with E-state index in [9.17, 15) is 4.79 Å². The maximum atomic E-state index is 12.7. The average molecular weight is 388 g/mol. The van der Waals surface area contributed by atoms with Crippen LogP contribution in [-0.2, 0) is 11.2 Å². The van der Waals surface area contributed by atoms with Crippen LogP contribution in [0.4, 0.5) is 5.82 Å². The second kappa shape index (κ2) is 8.41. The van der Waals surface area contributed by atoms with E-state index in [1.54, 1.807) is 17.0 Å². The summed E-state index contributed by atoms with van der Waals surface area (Å²) in [7, 11) is 0. The zero-order chi connectivity index (χ0) is 20.2. The fraction of sp³-hybridized carbons (Fsp3) is 0.261. The number of nitrogens with two attached hydrogens (primary N) is 1. The summed E-state index contributed by atoms with van der Waals surface area (Å²) in [6.07, 6.45) is 4.01. The van der Waals surface area contributed by atoms with Gasteiger partial charge in [-0.3, -0.25) is 9.78 Å². The van der Waals surface area contributed by atoms with Crippen LogP contribution >= 0.6 is 0 Å². The van der Waals surface area contributed by atoms with Crippen LogP contribution in [0.15, 0.2) is 60.9 Å². The summed E-state index contributed by atoms with van der Waals surface area (Å²) in [4.78, 5) is 23.1. The molecule has 6 heteroatoms. The highest BCUT2D eigenvalue weighted by atomic mass is 16.5. The minimum Gasteiger partial charge on any atom is -0.384 e. The predicted octanol–water partition coefficient (Wildman–Crippen LogP) is 3.17. The van der Waals surface area contributed by atoms with Crippen LogP contribution < -0.4 is 5.73 Å². The van der Waals surface area contributed by atoms with Gasteiger partial charge >= 0.3 is 0 Å². The van der Waals surface area contributed by atoms with Gasteiger partial charge in [-0.1, -0.05) is 35.9 Å². The Labute approximate surface area is 170 Å². The molecule has 148 valence electrons. The molecule has 0 radical (unpaired) electrons. The molecule has 2 N–H and O–H groups in total. The number of morpholine rings is 1. The minimum absolute atomic E-state index is 0.0678. The largest absolute Gasteiger partial charge is 0.384 e. The molecule has 6 nitrogen and oxygen atoms in total. The molecule has 3 aromatic rings. The van der Waals surface area contributed by atoms with Gasteiger partial charge in [0.2, 0.25) is 0 Å². The molecular formula is C23H24N4O2. The lowest BCUT2D eigenvalue weighted by Gasteiger charge is -2.32. The Morgan fingerprint density at radius 3 is 2.55 bits per heavy atom. The molecule has 0 aliphatic carbocycles. The van der Waals surface area contributed by atoms with Crippen molar-refractivity contribution in [2.45, 2.75) is 19.4 Å². The van der Waals surface area contributed by atoms with Crippen molar-refractivity contribution in [3.05, 3.63) is 88.9 Å². The van der Waals surface area contributed by atoms with Crippen molar-refractivity contribution >= 4 is 11.7 Å². The zero-order valence-corrected chi connectivity index (χ0v) is 16.4. The molecule has 0 bridgehead atoms. The van der Waals surface area contributed by atoms with Gasteiger partial charge in [0, 0.05) is 18.9 Å². The first-order chi connectivity index (χ1) is 14.1. The molecule has 4 rings (SSSR count). The molecule has 1 fully saturated rings. The molecule has 1 aromatic carbocycles. The van der Waals surface area contributed by atoms with Crippen LogP contribution in [0.1, 0.15) is 38.8 Å². The van der Waals surface area contributed by atoms with Crippen molar-refractivity contribution in [3.8, 4) is 0 Å². The Hall–Kier alpha value is -3.25. The number of carbonyl (C=O) groups is 1. The van der Waals surface area contributed by atoms with E-state index in [1.807, 2.05) is 12.3 Å². The number of rotatable bonds is 4. The summed E-state index contributed by atoms with van der Waals surface area (Å²) in [5, 5.41) is 0. The Morgan fingerprint density at radius 1 is 1.07 bits per heavy atom.